The Labute approximate surface area is 178 Å². The van der Waals surface area contributed by atoms with Gasteiger partial charge in [0.2, 0.25) is 0 Å². The van der Waals surface area contributed by atoms with Crippen molar-refractivity contribution < 1.29 is 9.15 Å². The van der Waals surface area contributed by atoms with Gasteiger partial charge in [0.1, 0.15) is 16.7 Å². The van der Waals surface area contributed by atoms with E-state index in [0.29, 0.717) is 0 Å². The highest BCUT2D eigenvalue weighted by atomic mass is 35.5. The number of benzene rings is 4. The monoisotopic (exact) mass is 406 g/mol. The van der Waals surface area contributed by atoms with Crippen LogP contribution in [0, 0.1) is 0 Å². The summed E-state index contributed by atoms with van der Waals surface area (Å²) in [5.74, 6) is 2.48. The molecule has 4 aromatic carbocycles. The Morgan fingerprint density at radius 2 is 1.40 bits per heavy atom. The lowest BCUT2D eigenvalue weighted by Gasteiger charge is -2.36. The molecule has 1 unspecified atom stereocenters. The van der Waals surface area contributed by atoms with Crippen molar-refractivity contribution >= 4 is 22.6 Å². The second-order valence-electron chi connectivity index (χ2n) is 7.84. The lowest BCUT2D eigenvalue weighted by Crippen LogP contribution is -2.31. The van der Waals surface area contributed by atoms with E-state index in [1.54, 1.807) is 0 Å². The van der Waals surface area contributed by atoms with E-state index in [0.717, 1.165) is 44.4 Å². The predicted octanol–water partition coefficient (Wildman–Crippen LogP) is 7.56. The molecule has 0 saturated carbocycles. The minimum absolute atomic E-state index is 0.584. The Kier molecular flexibility index (Phi) is 3.02. The molecule has 1 aromatic heterocycles. The normalized spacial score (nSPS) is 17.9. The van der Waals surface area contributed by atoms with E-state index in [2.05, 4.69) is 54.6 Å². The summed E-state index contributed by atoms with van der Waals surface area (Å²) < 4.78 is 13.0. The molecule has 1 aliphatic heterocycles. The molecule has 2 heterocycles. The molecule has 1 spiro atoms. The zero-order chi connectivity index (χ0) is 19.9. The lowest BCUT2D eigenvalue weighted by molar-refractivity contribution is 0.389. The number of para-hydroxylation sites is 2. The van der Waals surface area contributed by atoms with E-state index in [4.69, 9.17) is 20.8 Å². The molecule has 0 radical (unpaired) electrons. The third-order valence-electron chi connectivity index (χ3n) is 6.40. The average Bonchev–Trinajstić information content (AvgIpc) is 3.29. The second-order valence-corrected chi connectivity index (χ2v) is 8.28. The maximum absolute atomic E-state index is 6.57. The third-order valence-corrected chi connectivity index (χ3v) is 6.64. The minimum atomic E-state index is -0.584. The van der Waals surface area contributed by atoms with Gasteiger partial charge in [0, 0.05) is 10.6 Å². The van der Waals surface area contributed by atoms with Gasteiger partial charge in [-0.2, -0.15) is 0 Å². The van der Waals surface area contributed by atoms with Crippen molar-refractivity contribution in [3.63, 3.8) is 0 Å². The molecule has 3 heteroatoms. The zero-order valence-electron chi connectivity index (χ0n) is 15.9. The van der Waals surface area contributed by atoms with Gasteiger partial charge in [0.15, 0.2) is 11.5 Å². The minimum Gasteiger partial charge on any atom is -0.455 e. The molecule has 5 aromatic rings. The zero-order valence-corrected chi connectivity index (χ0v) is 16.6. The van der Waals surface area contributed by atoms with Gasteiger partial charge in [0.05, 0.1) is 5.39 Å². The van der Waals surface area contributed by atoms with Crippen molar-refractivity contribution in [2.24, 2.45) is 0 Å². The first-order valence-electron chi connectivity index (χ1n) is 9.98. The Morgan fingerprint density at radius 1 is 0.667 bits per heavy atom. The van der Waals surface area contributed by atoms with Gasteiger partial charge in [-0.15, -0.1) is 0 Å². The van der Waals surface area contributed by atoms with Crippen LogP contribution in [0.15, 0.2) is 95.4 Å². The molecule has 0 amide bonds. The van der Waals surface area contributed by atoms with Gasteiger partial charge >= 0.3 is 0 Å². The number of fused-ring (bicyclic) bond motifs is 11. The van der Waals surface area contributed by atoms with Crippen LogP contribution in [0.5, 0.6) is 11.5 Å². The molecule has 0 bridgehead atoms. The SMILES string of the molecule is Clc1ccc2c(c1)-c1ccccc1C21c2ccccc2Oc2c1oc1ccccc21. The maximum Gasteiger partial charge on any atom is 0.178 e. The molecule has 0 fully saturated rings. The number of rotatable bonds is 0. The largest absolute Gasteiger partial charge is 0.455 e. The van der Waals surface area contributed by atoms with Crippen LogP contribution >= 0.6 is 11.6 Å². The van der Waals surface area contributed by atoms with Crippen LogP contribution < -0.4 is 4.74 Å². The van der Waals surface area contributed by atoms with E-state index in [-0.39, 0.29) is 0 Å². The molecule has 30 heavy (non-hydrogen) atoms. The van der Waals surface area contributed by atoms with Crippen molar-refractivity contribution in [1.29, 1.82) is 0 Å². The predicted molar refractivity (Wildman–Crippen MR) is 119 cm³/mol. The highest BCUT2D eigenvalue weighted by molar-refractivity contribution is 6.31. The van der Waals surface area contributed by atoms with E-state index in [9.17, 15) is 0 Å². The number of hydrogen-bond acceptors (Lipinski definition) is 2. The van der Waals surface area contributed by atoms with Crippen LogP contribution in [0.1, 0.15) is 22.5 Å². The summed E-state index contributed by atoms with van der Waals surface area (Å²) in [4.78, 5) is 0. The van der Waals surface area contributed by atoms with Crippen molar-refractivity contribution in [1.82, 2.24) is 0 Å². The fourth-order valence-corrected chi connectivity index (χ4v) is 5.43. The molecular weight excluding hydrogens is 392 g/mol. The molecule has 1 atom stereocenters. The maximum atomic E-state index is 6.57. The van der Waals surface area contributed by atoms with Crippen molar-refractivity contribution in [3.8, 4) is 22.6 Å². The molecular formula is C27H15ClO2. The molecule has 2 aliphatic rings. The van der Waals surface area contributed by atoms with Crippen LogP contribution in [0.3, 0.4) is 0 Å². The summed E-state index contributed by atoms with van der Waals surface area (Å²) in [6.45, 7) is 0. The van der Waals surface area contributed by atoms with Gasteiger partial charge in [0.25, 0.3) is 0 Å². The van der Waals surface area contributed by atoms with E-state index < -0.39 is 5.41 Å². The summed E-state index contributed by atoms with van der Waals surface area (Å²) in [6, 6.07) is 31.0. The molecule has 1 aliphatic carbocycles. The fraction of sp³-hybridized carbons (Fsp3) is 0.0370. The third kappa shape index (κ3) is 1.81. The molecule has 7 rings (SSSR count). The summed E-state index contributed by atoms with van der Waals surface area (Å²) >= 11 is 6.43. The Hall–Kier alpha value is -3.49. The first kappa shape index (κ1) is 16.3. The molecule has 2 nitrogen and oxygen atoms in total. The summed E-state index contributed by atoms with van der Waals surface area (Å²) in [7, 11) is 0. The Balaban J connectivity index is 1.73. The van der Waals surface area contributed by atoms with E-state index >= 15 is 0 Å². The van der Waals surface area contributed by atoms with E-state index in [1.807, 2.05) is 36.4 Å². The van der Waals surface area contributed by atoms with Crippen LogP contribution in [0.25, 0.3) is 22.1 Å². The highest BCUT2D eigenvalue weighted by Crippen LogP contribution is 2.63. The lowest BCUT2D eigenvalue weighted by atomic mass is 9.69. The van der Waals surface area contributed by atoms with Crippen LogP contribution in [-0.2, 0) is 5.41 Å². The van der Waals surface area contributed by atoms with Crippen molar-refractivity contribution in [2.45, 2.75) is 5.41 Å². The summed E-state index contributed by atoms with van der Waals surface area (Å²) in [5.41, 5.74) is 6.01. The number of halogens is 1. The molecule has 0 saturated heterocycles. The summed E-state index contributed by atoms with van der Waals surface area (Å²) in [6.07, 6.45) is 0. The van der Waals surface area contributed by atoms with Gasteiger partial charge in [-0.25, -0.2) is 0 Å². The van der Waals surface area contributed by atoms with Crippen molar-refractivity contribution in [3.05, 3.63) is 118 Å². The number of ether oxygens (including phenoxy) is 1. The topological polar surface area (TPSA) is 22.4 Å². The summed E-state index contributed by atoms with van der Waals surface area (Å²) in [5, 5.41) is 1.71. The van der Waals surface area contributed by atoms with Gasteiger partial charge in [-0.1, -0.05) is 72.3 Å². The molecule has 142 valence electrons. The first-order valence-corrected chi connectivity index (χ1v) is 10.4. The van der Waals surface area contributed by atoms with Gasteiger partial charge < -0.3 is 9.15 Å². The van der Waals surface area contributed by atoms with Gasteiger partial charge in [-0.3, -0.25) is 0 Å². The highest BCUT2D eigenvalue weighted by Gasteiger charge is 2.54. The van der Waals surface area contributed by atoms with Gasteiger partial charge in [-0.05, 0) is 52.6 Å². The smallest absolute Gasteiger partial charge is 0.178 e. The molecule has 0 N–H and O–H groups in total. The van der Waals surface area contributed by atoms with Crippen LogP contribution in [0.2, 0.25) is 5.02 Å². The number of furan rings is 1. The Morgan fingerprint density at radius 3 is 2.33 bits per heavy atom. The first-order chi connectivity index (χ1) is 14.8. The van der Waals surface area contributed by atoms with Crippen LogP contribution in [-0.4, -0.2) is 0 Å². The van der Waals surface area contributed by atoms with Crippen molar-refractivity contribution in [2.75, 3.05) is 0 Å². The standard InChI is InChI=1S/C27H15ClO2/c28-16-13-14-21-19(15-16)17-7-1-3-9-20(17)27(21)22-10-4-6-12-24(22)29-25-18-8-2-5-11-23(18)30-26(25)27/h1-15H. The quantitative estimate of drug-likeness (QED) is 0.259. The fourth-order valence-electron chi connectivity index (χ4n) is 5.26. The van der Waals surface area contributed by atoms with E-state index in [1.165, 1.54) is 16.7 Å². The van der Waals surface area contributed by atoms with Crippen LogP contribution in [0.4, 0.5) is 0 Å². The second kappa shape index (κ2) is 5.56. The Bertz CT molecular complexity index is 1500. The number of hydrogen-bond donors (Lipinski definition) is 0. The average molecular weight is 407 g/mol.